The lowest BCUT2D eigenvalue weighted by molar-refractivity contribution is 1.20. The molecule has 4 heteroatoms. The van der Waals surface area contributed by atoms with Crippen LogP contribution in [0.15, 0.2) is 30.6 Å². The lowest BCUT2D eigenvalue weighted by Gasteiger charge is -2.09. The third kappa shape index (κ3) is 1.99. The first-order valence-corrected chi connectivity index (χ1v) is 5.35. The molecule has 0 radical (unpaired) electrons. The van der Waals surface area contributed by atoms with Gasteiger partial charge in [-0.2, -0.15) is 0 Å². The normalized spacial score (nSPS) is 10.2. The number of halogens is 1. The molecule has 0 unspecified atom stereocenters. The van der Waals surface area contributed by atoms with Gasteiger partial charge in [0.2, 0.25) is 0 Å². The molecule has 0 atom stereocenters. The Bertz CT molecular complexity index is 511. The van der Waals surface area contributed by atoms with Crippen molar-refractivity contribution in [2.24, 2.45) is 0 Å². The summed E-state index contributed by atoms with van der Waals surface area (Å²) >= 11 is 6.13. The van der Waals surface area contributed by atoms with E-state index in [1.54, 1.807) is 12.4 Å². The van der Waals surface area contributed by atoms with E-state index in [4.69, 9.17) is 11.6 Å². The summed E-state index contributed by atoms with van der Waals surface area (Å²) in [6, 6.07) is 5.81. The van der Waals surface area contributed by atoms with Gasteiger partial charge in [0, 0.05) is 41.9 Å². The molecule has 2 aromatic heterocycles. The van der Waals surface area contributed by atoms with E-state index in [0.717, 1.165) is 22.5 Å². The van der Waals surface area contributed by atoms with Gasteiger partial charge in [-0.05, 0) is 25.1 Å². The molecule has 0 aliphatic carbocycles. The summed E-state index contributed by atoms with van der Waals surface area (Å²) in [4.78, 5) is 8.34. The minimum Gasteiger partial charge on any atom is -0.388 e. The van der Waals surface area contributed by atoms with E-state index >= 15 is 0 Å². The quantitative estimate of drug-likeness (QED) is 0.810. The summed E-state index contributed by atoms with van der Waals surface area (Å²) in [6.07, 6.45) is 3.52. The van der Waals surface area contributed by atoms with E-state index in [1.807, 2.05) is 32.2 Å². The highest BCUT2D eigenvalue weighted by Crippen LogP contribution is 2.31. The highest BCUT2D eigenvalue weighted by Gasteiger charge is 2.08. The van der Waals surface area contributed by atoms with Gasteiger partial charge in [-0.15, -0.1) is 0 Å². The van der Waals surface area contributed by atoms with Crippen LogP contribution in [0.3, 0.4) is 0 Å². The molecule has 0 saturated carbocycles. The monoisotopic (exact) mass is 233 g/mol. The van der Waals surface area contributed by atoms with Crippen molar-refractivity contribution in [2.75, 3.05) is 12.4 Å². The molecule has 0 fully saturated rings. The number of anilines is 1. The number of rotatable bonds is 2. The zero-order chi connectivity index (χ0) is 11.5. The van der Waals surface area contributed by atoms with Crippen LogP contribution in [0.5, 0.6) is 0 Å². The number of nitrogens with one attached hydrogen (secondary N) is 1. The molecular formula is C12H12ClN3. The van der Waals surface area contributed by atoms with Gasteiger partial charge < -0.3 is 5.32 Å². The van der Waals surface area contributed by atoms with E-state index in [-0.39, 0.29) is 0 Å². The molecule has 0 saturated heterocycles. The van der Waals surface area contributed by atoms with Gasteiger partial charge in [0.25, 0.3) is 0 Å². The van der Waals surface area contributed by atoms with Crippen molar-refractivity contribution in [2.45, 2.75) is 6.92 Å². The first kappa shape index (κ1) is 10.9. The number of hydrogen-bond donors (Lipinski definition) is 1. The van der Waals surface area contributed by atoms with E-state index in [9.17, 15) is 0 Å². The van der Waals surface area contributed by atoms with Crippen molar-refractivity contribution in [3.8, 4) is 11.1 Å². The third-order valence-electron chi connectivity index (χ3n) is 2.37. The molecule has 0 aliphatic rings. The number of aromatic nitrogens is 2. The van der Waals surface area contributed by atoms with Gasteiger partial charge in [-0.3, -0.25) is 4.98 Å². The van der Waals surface area contributed by atoms with Crippen molar-refractivity contribution in [3.63, 3.8) is 0 Å². The predicted molar refractivity (Wildman–Crippen MR) is 66.8 cm³/mol. The molecule has 0 spiro atoms. The molecule has 2 aromatic rings. The second-order valence-corrected chi connectivity index (χ2v) is 3.82. The Morgan fingerprint density at radius 1 is 1.19 bits per heavy atom. The molecule has 2 rings (SSSR count). The maximum Gasteiger partial charge on any atom is 0.137 e. The fourth-order valence-electron chi connectivity index (χ4n) is 1.55. The van der Waals surface area contributed by atoms with Gasteiger partial charge in [0.05, 0.1) is 0 Å². The highest BCUT2D eigenvalue weighted by atomic mass is 35.5. The average molecular weight is 234 g/mol. The molecule has 3 nitrogen and oxygen atoms in total. The zero-order valence-corrected chi connectivity index (χ0v) is 9.92. The lowest BCUT2D eigenvalue weighted by atomic mass is 10.1. The van der Waals surface area contributed by atoms with Gasteiger partial charge in [0.1, 0.15) is 5.15 Å². The van der Waals surface area contributed by atoms with Crippen LogP contribution in [0.1, 0.15) is 5.69 Å². The maximum absolute atomic E-state index is 6.13. The van der Waals surface area contributed by atoms with E-state index in [2.05, 4.69) is 15.3 Å². The summed E-state index contributed by atoms with van der Waals surface area (Å²) in [6.45, 7) is 1.91. The molecular weight excluding hydrogens is 222 g/mol. The maximum atomic E-state index is 6.13. The summed E-state index contributed by atoms with van der Waals surface area (Å²) < 4.78 is 0. The number of nitrogens with zero attached hydrogens (tertiary/aromatic N) is 2. The van der Waals surface area contributed by atoms with Crippen LogP contribution in [0.2, 0.25) is 5.15 Å². The van der Waals surface area contributed by atoms with Gasteiger partial charge in [0.15, 0.2) is 0 Å². The van der Waals surface area contributed by atoms with Crippen LogP contribution < -0.4 is 5.32 Å². The average Bonchev–Trinajstić information content (AvgIpc) is 2.29. The molecule has 0 aromatic carbocycles. The van der Waals surface area contributed by atoms with Crippen molar-refractivity contribution in [3.05, 3.63) is 41.4 Å². The Kier molecular flexibility index (Phi) is 3.06. The summed E-state index contributed by atoms with van der Waals surface area (Å²) in [5, 5.41) is 3.61. The van der Waals surface area contributed by atoms with E-state index in [1.165, 1.54) is 0 Å². The van der Waals surface area contributed by atoms with Gasteiger partial charge >= 0.3 is 0 Å². The fourth-order valence-corrected chi connectivity index (χ4v) is 1.85. The van der Waals surface area contributed by atoms with E-state index in [0.29, 0.717) is 5.15 Å². The largest absolute Gasteiger partial charge is 0.388 e. The molecule has 82 valence electrons. The van der Waals surface area contributed by atoms with Gasteiger partial charge in [-0.25, -0.2) is 4.98 Å². The van der Waals surface area contributed by atoms with Crippen LogP contribution >= 0.6 is 11.6 Å². The van der Waals surface area contributed by atoms with Crippen LogP contribution in [-0.4, -0.2) is 17.0 Å². The second kappa shape index (κ2) is 4.49. The molecule has 1 N–H and O–H groups in total. The molecule has 0 aliphatic heterocycles. The highest BCUT2D eigenvalue weighted by molar-refractivity contribution is 6.32. The summed E-state index contributed by atoms with van der Waals surface area (Å²) in [5.41, 5.74) is 3.75. The van der Waals surface area contributed by atoms with Crippen molar-refractivity contribution >= 4 is 17.3 Å². The van der Waals surface area contributed by atoms with Crippen molar-refractivity contribution in [1.82, 2.24) is 9.97 Å². The Hall–Kier alpha value is -1.61. The van der Waals surface area contributed by atoms with Crippen LogP contribution in [0, 0.1) is 6.92 Å². The van der Waals surface area contributed by atoms with Crippen LogP contribution in [0.4, 0.5) is 5.69 Å². The Morgan fingerprint density at radius 2 is 2.00 bits per heavy atom. The standard InChI is InChI=1S/C12H12ClN3/c1-8-3-4-9(12(13)16-8)10-7-15-6-5-11(10)14-2/h3-7H,1-2H3,(H,14,15). The predicted octanol–water partition coefficient (Wildman–Crippen LogP) is 3.15. The second-order valence-electron chi connectivity index (χ2n) is 3.46. The smallest absolute Gasteiger partial charge is 0.137 e. The van der Waals surface area contributed by atoms with Crippen LogP contribution in [0.25, 0.3) is 11.1 Å². The third-order valence-corrected chi connectivity index (χ3v) is 2.66. The Morgan fingerprint density at radius 3 is 2.69 bits per heavy atom. The minimum absolute atomic E-state index is 0.504. The zero-order valence-electron chi connectivity index (χ0n) is 9.16. The minimum atomic E-state index is 0.504. The first-order chi connectivity index (χ1) is 7.72. The van der Waals surface area contributed by atoms with Gasteiger partial charge in [-0.1, -0.05) is 11.6 Å². The Labute approximate surface area is 99.5 Å². The molecule has 16 heavy (non-hydrogen) atoms. The number of hydrogen-bond acceptors (Lipinski definition) is 3. The summed E-state index contributed by atoms with van der Waals surface area (Å²) in [5.74, 6) is 0. The number of pyridine rings is 2. The first-order valence-electron chi connectivity index (χ1n) is 4.97. The van der Waals surface area contributed by atoms with Crippen molar-refractivity contribution in [1.29, 1.82) is 0 Å². The Balaban J connectivity index is 2.58. The molecule has 0 amide bonds. The van der Waals surface area contributed by atoms with Crippen molar-refractivity contribution < 1.29 is 0 Å². The topological polar surface area (TPSA) is 37.8 Å². The number of aryl methyl sites for hydroxylation is 1. The lowest BCUT2D eigenvalue weighted by Crippen LogP contribution is -1.94. The molecule has 0 bridgehead atoms. The SMILES string of the molecule is CNc1ccncc1-c1ccc(C)nc1Cl. The molecule has 2 heterocycles. The fraction of sp³-hybridized carbons (Fsp3) is 0.167. The summed E-state index contributed by atoms with van der Waals surface area (Å²) in [7, 11) is 1.87. The van der Waals surface area contributed by atoms with E-state index < -0.39 is 0 Å². The van der Waals surface area contributed by atoms with Crippen LogP contribution in [-0.2, 0) is 0 Å².